The molecule has 0 radical (unpaired) electrons. The number of halogens is 6. The van der Waals surface area contributed by atoms with Gasteiger partial charge in [-0.25, -0.2) is 13.8 Å². The van der Waals surface area contributed by atoms with Gasteiger partial charge < -0.3 is 20.5 Å². The molecule has 0 unspecified atom stereocenters. The predicted octanol–water partition coefficient (Wildman–Crippen LogP) is 5.66. The number of anilines is 3. The van der Waals surface area contributed by atoms with Crippen molar-refractivity contribution in [3.8, 4) is 0 Å². The molecule has 2 aromatic carbocycles. The summed E-state index contributed by atoms with van der Waals surface area (Å²) >= 11 is 0. The van der Waals surface area contributed by atoms with Crippen LogP contribution in [0.3, 0.4) is 0 Å². The summed E-state index contributed by atoms with van der Waals surface area (Å²) in [6.45, 7) is 6.08. The van der Waals surface area contributed by atoms with Crippen LogP contribution in [-0.4, -0.2) is 58.7 Å². The van der Waals surface area contributed by atoms with Crippen molar-refractivity contribution in [3.05, 3.63) is 78.1 Å². The van der Waals surface area contributed by atoms with Crippen molar-refractivity contribution in [1.29, 1.82) is 0 Å². The Bertz CT molecular complexity index is 1300. The van der Waals surface area contributed by atoms with Crippen LogP contribution in [0.2, 0.25) is 0 Å². The van der Waals surface area contributed by atoms with Crippen LogP contribution in [0.5, 0.6) is 0 Å². The summed E-state index contributed by atoms with van der Waals surface area (Å²) in [5.74, 6) is -0.470. The lowest BCUT2D eigenvalue weighted by atomic mass is 10.2. The molecular formula is C26H33Cl4F2N7. The minimum absolute atomic E-state index is 0. The van der Waals surface area contributed by atoms with Crippen molar-refractivity contribution in [2.75, 3.05) is 49.5 Å². The van der Waals surface area contributed by atoms with Gasteiger partial charge >= 0.3 is 0 Å². The monoisotopic (exact) mass is 621 g/mol. The van der Waals surface area contributed by atoms with Gasteiger partial charge in [-0.1, -0.05) is 0 Å². The smallest absolute Gasteiger partial charge is 0.229 e. The molecule has 0 atom stereocenters. The van der Waals surface area contributed by atoms with Gasteiger partial charge in [0.15, 0.2) is 0 Å². The topological polar surface area (TPSA) is 75.2 Å². The van der Waals surface area contributed by atoms with Crippen LogP contribution < -0.4 is 16.0 Å². The summed E-state index contributed by atoms with van der Waals surface area (Å²) < 4.78 is 29.5. The summed E-state index contributed by atoms with van der Waals surface area (Å²) in [7, 11) is 0. The molecule has 3 N–H and O–H groups in total. The minimum Gasteiger partial charge on any atom is -0.369 e. The van der Waals surface area contributed by atoms with E-state index in [-0.39, 0.29) is 61.7 Å². The van der Waals surface area contributed by atoms with Crippen LogP contribution in [0.4, 0.5) is 26.1 Å². The van der Waals surface area contributed by atoms with E-state index in [0.29, 0.717) is 11.6 Å². The molecule has 1 aliphatic heterocycles. The van der Waals surface area contributed by atoms with Gasteiger partial charge in [0.05, 0.1) is 6.54 Å². The van der Waals surface area contributed by atoms with Crippen LogP contribution >= 0.6 is 49.6 Å². The molecule has 39 heavy (non-hydrogen) atoms. The lowest BCUT2D eigenvalue weighted by Crippen LogP contribution is -2.46. The van der Waals surface area contributed by atoms with E-state index in [9.17, 15) is 8.78 Å². The molecule has 1 aliphatic rings. The number of piperazine rings is 1. The van der Waals surface area contributed by atoms with Crippen molar-refractivity contribution < 1.29 is 8.78 Å². The van der Waals surface area contributed by atoms with Crippen molar-refractivity contribution in [3.63, 3.8) is 0 Å². The summed E-state index contributed by atoms with van der Waals surface area (Å²) in [6, 6.07) is 13.6. The molecule has 0 amide bonds. The van der Waals surface area contributed by atoms with E-state index >= 15 is 0 Å². The number of rotatable bonds is 8. The zero-order valence-electron chi connectivity index (χ0n) is 21.1. The van der Waals surface area contributed by atoms with E-state index in [4.69, 9.17) is 5.73 Å². The molecule has 5 rings (SSSR count). The zero-order chi connectivity index (χ0) is 24.2. The number of nitrogens with two attached hydrogens (primary N) is 1. The Labute approximate surface area is 251 Å². The summed E-state index contributed by atoms with van der Waals surface area (Å²) in [5, 5.41) is 4.08. The number of aromatic nitrogens is 3. The Hall–Kier alpha value is -2.40. The van der Waals surface area contributed by atoms with Crippen molar-refractivity contribution >= 4 is 78.0 Å². The third kappa shape index (κ3) is 8.54. The van der Waals surface area contributed by atoms with Gasteiger partial charge in [0, 0.05) is 60.9 Å². The second-order valence-corrected chi connectivity index (χ2v) is 8.79. The fourth-order valence-corrected chi connectivity index (χ4v) is 4.44. The number of nitrogens with one attached hydrogen (secondary N) is 1. The van der Waals surface area contributed by atoms with E-state index in [0.717, 1.165) is 68.9 Å². The normalized spacial score (nSPS) is 13.1. The molecule has 3 heterocycles. The lowest BCUT2D eigenvalue weighted by molar-refractivity contribution is 0.256. The number of fused-ring (bicyclic) bond motifs is 1. The molecule has 214 valence electrons. The molecule has 0 bridgehead atoms. The maximum Gasteiger partial charge on any atom is 0.229 e. The van der Waals surface area contributed by atoms with Crippen molar-refractivity contribution in [1.82, 2.24) is 19.4 Å². The molecule has 13 heteroatoms. The third-order valence-corrected chi connectivity index (χ3v) is 6.39. The van der Waals surface area contributed by atoms with Crippen molar-refractivity contribution in [2.24, 2.45) is 5.73 Å². The first kappa shape index (κ1) is 34.6. The lowest BCUT2D eigenvalue weighted by Gasteiger charge is -2.36. The number of nitrogens with zero attached hydrogens (tertiary/aromatic N) is 5. The molecule has 0 aliphatic carbocycles. The summed E-state index contributed by atoms with van der Waals surface area (Å²) in [5.41, 5.74) is 8.61. The highest BCUT2D eigenvalue weighted by molar-refractivity contribution is 5.86. The largest absolute Gasteiger partial charge is 0.369 e. The average molecular weight is 623 g/mol. The molecule has 7 nitrogen and oxygen atoms in total. The van der Waals surface area contributed by atoms with Crippen LogP contribution in [-0.2, 0) is 6.54 Å². The van der Waals surface area contributed by atoms with Gasteiger partial charge in [0.1, 0.15) is 17.3 Å². The molecule has 4 aromatic rings. The molecule has 1 fully saturated rings. The maximum atomic E-state index is 14.1. The van der Waals surface area contributed by atoms with Gasteiger partial charge in [-0.05, 0) is 68.0 Å². The van der Waals surface area contributed by atoms with Crippen LogP contribution in [0, 0.1) is 11.6 Å². The maximum absolute atomic E-state index is 14.1. The highest BCUT2D eigenvalue weighted by Crippen LogP contribution is 2.23. The van der Waals surface area contributed by atoms with Gasteiger partial charge in [-0.2, -0.15) is 4.98 Å². The number of hydrogen-bond donors (Lipinski definition) is 2. The second-order valence-electron chi connectivity index (χ2n) is 8.79. The Morgan fingerprint density at radius 1 is 0.897 bits per heavy atom. The number of hydrogen-bond acceptors (Lipinski definition) is 6. The van der Waals surface area contributed by atoms with Gasteiger partial charge in [0.25, 0.3) is 0 Å². The quantitative estimate of drug-likeness (QED) is 0.264. The van der Waals surface area contributed by atoms with E-state index in [2.05, 4.69) is 37.2 Å². The predicted molar refractivity (Wildman–Crippen MR) is 164 cm³/mol. The van der Waals surface area contributed by atoms with Crippen LogP contribution in [0.25, 0.3) is 11.0 Å². The summed E-state index contributed by atoms with van der Waals surface area (Å²) in [6.07, 6.45) is 4.57. The van der Waals surface area contributed by atoms with E-state index < -0.39 is 11.6 Å². The fourth-order valence-electron chi connectivity index (χ4n) is 4.44. The highest BCUT2D eigenvalue weighted by Gasteiger charge is 2.17. The standard InChI is InChI=1S/C26H29F2N7.4ClH/c27-21-2-7-24(28)20(16-21)18-35-11-8-19-17-30-26(32-25(19)35)31-22-3-5-23(6-4-22)34-14-12-33(13-15-34)10-1-9-29;;;;/h2-8,11,16-17H,1,9-10,12-15,18,29H2,(H,30,31,32);4*1H. The van der Waals surface area contributed by atoms with E-state index in [1.54, 1.807) is 17.0 Å². The fraction of sp³-hybridized carbons (Fsp3) is 0.308. The molecule has 0 spiro atoms. The molecule has 0 saturated carbocycles. The Morgan fingerprint density at radius 3 is 2.31 bits per heavy atom. The van der Waals surface area contributed by atoms with Crippen LogP contribution in [0.15, 0.2) is 60.9 Å². The van der Waals surface area contributed by atoms with E-state index in [1.807, 2.05) is 18.2 Å². The van der Waals surface area contributed by atoms with E-state index in [1.165, 1.54) is 11.8 Å². The average Bonchev–Trinajstić information content (AvgIpc) is 3.28. The van der Waals surface area contributed by atoms with Gasteiger partial charge in [0.2, 0.25) is 5.95 Å². The summed E-state index contributed by atoms with van der Waals surface area (Å²) in [4.78, 5) is 13.9. The van der Waals surface area contributed by atoms with Gasteiger partial charge in [-0.15, -0.1) is 49.6 Å². The molecular weight excluding hydrogens is 590 g/mol. The Kier molecular flexibility index (Phi) is 14.2. The van der Waals surface area contributed by atoms with Crippen molar-refractivity contribution in [2.45, 2.75) is 13.0 Å². The Morgan fingerprint density at radius 2 is 1.62 bits per heavy atom. The molecule has 1 saturated heterocycles. The third-order valence-electron chi connectivity index (χ3n) is 6.39. The first-order valence-electron chi connectivity index (χ1n) is 11.9. The van der Waals surface area contributed by atoms with Crippen LogP contribution in [0.1, 0.15) is 12.0 Å². The molecule has 2 aromatic heterocycles. The Balaban J connectivity index is 0.00000190. The van der Waals surface area contributed by atoms with Gasteiger partial charge in [-0.3, -0.25) is 4.90 Å². The second kappa shape index (κ2) is 16.0. The minimum atomic E-state index is -0.466. The zero-order valence-corrected chi connectivity index (χ0v) is 24.4. The first-order valence-corrected chi connectivity index (χ1v) is 11.9. The number of benzene rings is 2. The first-order chi connectivity index (χ1) is 17.1. The SMILES string of the molecule is Cl.Cl.Cl.Cl.NCCCN1CCN(c2ccc(Nc3ncc4ccn(Cc5cc(F)ccc5F)c4n3)cc2)CC1. The highest BCUT2D eigenvalue weighted by atomic mass is 35.5.